The molecule has 2 rings (SSSR count). The van der Waals surface area contributed by atoms with Crippen molar-refractivity contribution in [3.8, 4) is 5.75 Å². The van der Waals surface area contributed by atoms with Crippen LogP contribution in [0.25, 0.3) is 0 Å². The second kappa shape index (κ2) is 6.09. The van der Waals surface area contributed by atoms with Crippen molar-refractivity contribution in [2.45, 2.75) is 6.92 Å². The SMILES string of the molecule is COc1ccc(C(N)=O)cc1NC(=O)c1ccccc1C. The van der Waals surface area contributed by atoms with Crippen LogP contribution in [0.4, 0.5) is 5.69 Å². The number of ether oxygens (including phenoxy) is 1. The van der Waals surface area contributed by atoms with Gasteiger partial charge < -0.3 is 15.8 Å². The smallest absolute Gasteiger partial charge is 0.256 e. The summed E-state index contributed by atoms with van der Waals surface area (Å²) in [5, 5.41) is 2.74. The fourth-order valence-corrected chi connectivity index (χ4v) is 1.98. The molecular formula is C16H16N2O3. The maximum Gasteiger partial charge on any atom is 0.256 e. The Labute approximate surface area is 122 Å². The summed E-state index contributed by atoms with van der Waals surface area (Å²) < 4.78 is 5.18. The molecule has 0 aliphatic rings. The van der Waals surface area contributed by atoms with Crippen LogP contribution in [-0.2, 0) is 0 Å². The number of carbonyl (C=O) groups excluding carboxylic acids is 2. The summed E-state index contributed by atoms with van der Waals surface area (Å²) in [6.07, 6.45) is 0. The van der Waals surface area contributed by atoms with Crippen LogP contribution < -0.4 is 15.8 Å². The highest BCUT2D eigenvalue weighted by atomic mass is 16.5. The van der Waals surface area contributed by atoms with Gasteiger partial charge in [0.05, 0.1) is 12.8 Å². The number of amides is 2. The lowest BCUT2D eigenvalue weighted by Crippen LogP contribution is -2.16. The average molecular weight is 284 g/mol. The molecule has 5 nitrogen and oxygen atoms in total. The Bertz CT molecular complexity index is 696. The van der Waals surface area contributed by atoms with Crippen LogP contribution in [0.2, 0.25) is 0 Å². The van der Waals surface area contributed by atoms with Gasteiger partial charge in [-0.1, -0.05) is 18.2 Å². The molecule has 0 fully saturated rings. The highest BCUT2D eigenvalue weighted by Crippen LogP contribution is 2.26. The van der Waals surface area contributed by atoms with E-state index in [2.05, 4.69) is 5.32 Å². The molecule has 0 radical (unpaired) electrons. The van der Waals surface area contributed by atoms with Crippen LogP contribution in [0, 0.1) is 6.92 Å². The molecule has 2 amide bonds. The van der Waals surface area contributed by atoms with E-state index in [0.717, 1.165) is 5.56 Å². The molecule has 108 valence electrons. The van der Waals surface area contributed by atoms with Gasteiger partial charge in [0.25, 0.3) is 5.91 Å². The number of hydrogen-bond acceptors (Lipinski definition) is 3. The van der Waals surface area contributed by atoms with Crippen molar-refractivity contribution < 1.29 is 14.3 Å². The average Bonchev–Trinajstić information content (AvgIpc) is 2.47. The lowest BCUT2D eigenvalue weighted by atomic mass is 10.1. The highest BCUT2D eigenvalue weighted by Gasteiger charge is 2.13. The first-order valence-electron chi connectivity index (χ1n) is 6.37. The lowest BCUT2D eigenvalue weighted by molar-refractivity contribution is 0.0996. The predicted octanol–water partition coefficient (Wildman–Crippen LogP) is 2.35. The number of rotatable bonds is 4. The van der Waals surface area contributed by atoms with Crippen molar-refractivity contribution in [1.82, 2.24) is 0 Å². The van der Waals surface area contributed by atoms with Crippen molar-refractivity contribution in [3.63, 3.8) is 0 Å². The number of nitrogens with two attached hydrogens (primary N) is 1. The lowest BCUT2D eigenvalue weighted by Gasteiger charge is -2.12. The van der Waals surface area contributed by atoms with Crippen molar-refractivity contribution in [1.29, 1.82) is 0 Å². The van der Waals surface area contributed by atoms with E-state index in [1.54, 1.807) is 24.3 Å². The first-order chi connectivity index (χ1) is 10.0. The standard InChI is InChI=1S/C16H16N2O3/c1-10-5-3-4-6-12(10)16(20)18-13-9-11(15(17)19)7-8-14(13)21-2/h3-9H,1-2H3,(H2,17,19)(H,18,20). The van der Waals surface area contributed by atoms with Gasteiger partial charge in [-0.25, -0.2) is 0 Å². The zero-order valence-electron chi connectivity index (χ0n) is 11.8. The molecule has 0 saturated carbocycles. The second-order valence-corrected chi connectivity index (χ2v) is 4.55. The summed E-state index contributed by atoms with van der Waals surface area (Å²) in [5.74, 6) is -0.376. The summed E-state index contributed by atoms with van der Waals surface area (Å²) in [6, 6.07) is 11.9. The number of methoxy groups -OCH3 is 1. The topological polar surface area (TPSA) is 81.4 Å². The van der Waals surface area contributed by atoms with Gasteiger partial charge in [-0.05, 0) is 36.8 Å². The molecule has 2 aromatic rings. The summed E-state index contributed by atoms with van der Waals surface area (Å²) in [6.45, 7) is 1.85. The Morgan fingerprint density at radius 3 is 2.48 bits per heavy atom. The molecule has 0 aliphatic heterocycles. The summed E-state index contributed by atoms with van der Waals surface area (Å²) >= 11 is 0. The van der Waals surface area contributed by atoms with E-state index in [-0.39, 0.29) is 5.91 Å². The first-order valence-corrected chi connectivity index (χ1v) is 6.37. The van der Waals surface area contributed by atoms with E-state index in [0.29, 0.717) is 22.6 Å². The Hall–Kier alpha value is -2.82. The third-order valence-corrected chi connectivity index (χ3v) is 3.12. The largest absolute Gasteiger partial charge is 0.495 e. The molecule has 0 heterocycles. The molecule has 21 heavy (non-hydrogen) atoms. The number of nitrogens with one attached hydrogen (secondary N) is 1. The van der Waals surface area contributed by atoms with Crippen LogP contribution in [-0.4, -0.2) is 18.9 Å². The van der Waals surface area contributed by atoms with Gasteiger partial charge in [-0.15, -0.1) is 0 Å². The van der Waals surface area contributed by atoms with Crippen molar-refractivity contribution in [2.75, 3.05) is 12.4 Å². The maximum atomic E-state index is 12.3. The van der Waals surface area contributed by atoms with Gasteiger partial charge in [-0.2, -0.15) is 0 Å². The third-order valence-electron chi connectivity index (χ3n) is 3.12. The van der Waals surface area contributed by atoms with E-state index in [9.17, 15) is 9.59 Å². The summed E-state index contributed by atoms with van der Waals surface area (Å²) in [7, 11) is 1.49. The van der Waals surface area contributed by atoms with Crippen LogP contribution in [0.15, 0.2) is 42.5 Å². The minimum Gasteiger partial charge on any atom is -0.495 e. The molecule has 0 atom stereocenters. The van der Waals surface area contributed by atoms with Crippen LogP contribution in [0.5, 0.6) is 5.75 Å². The molecule has 0 aromatic heterocycles. The fourth-order valence-electron chi connectivity index (χ4n) is 1.98. The minimum atomic E-state index is -0.566. The van der Waals surface area contributed by atoms with E-state index in [1.165, 1.54) is 13.2 Å². The molecule has 5 heteroatoms. The van der Waals surface area contributed by atoms with Gasteiger partial charge in [0.15, 0.2) is 0 Å². The quantitative estimate of drug-likeness (QED) is 0.904. The molecule has 0 spiro atoms. The normalized spacial score (nSPS) is 10.0. The van der Waals surface area contributed by atoms with E-state index in [1.807, 2.05) is 19.1 Å². The highest BCUT2D eigenvalue weighted by molar-refractivity contribution is 6.06. The van der Waals surface area contributed by atoms with Gasteiger partial charge in [0, 0.05) is 11.1 Å². The monoisotopic (exact) mass is 284 g/mol. The predicted molar refractivity (Wildman–Crippen MR) is 80.6 cm³/mol. The van der Waals surface area contributed by atoms with E-state index >= 15 is 0 Å². The number of benzene rings is 2. The molecule has 0 saturated heterocycles. The molecule has 0 aliphatic carbocycles. The Balaban J connectivity index is 2.34. The number of primary amides is 1. The molecule has 2 aromatic carbocycles. The van der Waals surface area contributed by atoms with E-state index < -0.39 is 5.91 Å². The van der Waals surface area contributed by atoms with Gasteiger partial charge >= 0.3 is 0 Å². The van der Waals surface area contributed by atoms with Gasteiger partial charge in [-0.3, -0.25) is 9.59 Å². The number of hydrogen-bond donors (Lipinski definition) is 2. The maximum absolute atomic E-state index is 12.3. The molecular weight excluding hydrogens is 268 g/mol. The third kappa shape index (κ3) is 3.20. The first kappa shape index (κ1) is 14.6. The Morgan fingerprint density at radius 1 is 1.14 bits per heavy atom. The van der Waals surface area contributed by atoms with Crippen molar-refractivity contribution >= 4 is 17.5 Å². The number of aryl methyl sites for hydroxylation is 1. The zero-order valence-corrected chi connectivity index (χ0v) is 11.8. The molecule has 0 unspecified atom stereocenters. The zero-order chi connectivity index (χ0) is 15.4. The number of carbonyl (C=O) groups is 2. The van der Waals surface area contributed by atoms with E-state index in [4.69, 9.17) is 10.5 Å². The fraction of sp³-hybridized carbons (Fsp3) is 0.125. The van der Waals surface area contributed by atoms with Crippen LogP contribution >= 0.6 is 0 Å². The van der Waals surface area contributed by atoms with Crippen LogP contribution in [0.3, 0.4) is 0 Å². The summed E-state index contributed by atoms with van der Waals surface area (Å²) in [5.41, 5.74) is 7.37. The molecule has 3 N–H and O–H groups in total. The number of anilines is 1. The minimum absolute atomic E-state index is 0.270. The summed E-state index contributed by atoms with van der Waals surface area (Å²) in [4.78, 5) is 23.5. The van der Waals surface area contributed by atoms with Gasteiger partial charge in [0.2, 0.25) is 5.91 Å². The second-order valence-electron chi connectivity index (χ2n) is 4.55. The van der Waals surface area contributed by atoms with Gasteiger partial charge in [0.1, 0.15) is 5.75 Å². The van der Waals surface area contributed by atoms with Crippen molar-refractivity contribution in [2.24, 2.45) is 5.73 Å². The molecule has 0 bridgehead atoms. The van der Waals surface area contributed by atoms with Crippen molar-refractivity contribution in [3.05, 3.63) is 59.2 Å². The Morgan fingerprint density at radius 2 is 1.86 bits per heavy atom. The van der Waals surface area contributed by atoms with Crippen LogP contribution in [0.1, 0.15) is 26.3 Å². The Kier molecular flexibility index (Phi) is 4.23.